The molecule has 1 aromatic carbocycles. The van der Waals surface area contributed by atoms with Crippen LogP contribution in [0.1, 0.15) is 64.0 Å². The minimum atomic E-state index is -1.25. The summed E-state index contributed by atoms with van der Waals surface area (Å²) in [6.45, 7) is 11.8. The third-order valence-corrected chi connectivity index (χ3v) is 7.04. The lowest BCUT2D eigenvalue weighted by molar-refractivity contribution is -0.157. The summed E-state index contributed by atoms with van der Waals surface area (Å²) in [7, 11) is 0. The molecule has 0 radical (unpaired) electrons. The molecule has 0 heterocycles. The van der Waals surface area contributed by atoms with Crippen LogP contribution in [-0.4, -0.2) is 27.9 Å². The van der Waals surface area contributed by atoms with Gasteiger partial charge in [-0.1, -0.05) is 61.7 Å². The van der Waals surface area contributed by atoms with Gasteiger partial charge in [0.2, 0.25) is 0 Å². The Hall–Kier alpha value is -1.30. The normalized spacial score (nSPS) is 24.2. The number of carbonyl (C=O) groups excluding carboxylic acids is 1. The average molecular weight is 406 g/mol. The third kappa shape index (κ3) is 5.85. The van der Waals surface area contributed by atoms with E-state index in [1.165, 1.54) is 5.56 Å². The van der Waals surface area contributed by atoms with Crippen LogP contribution in [0.2, 0.25) is 0 Å². The number of hydrogen-bond donors (Lipinski definition) is 1. The number of carbonyl (C=O) groups is 1. The van der Waals surface area contributed by atoms with Gasteiger partial charge in [0.05, 0.1) is 11.5 Å². The van der Waals surface area contributed by atoms with Crippen molar-refractivity contribution in [1.82, 2.24) is 4.72 Å². The van der Waals surface area contributed by atoms with Crippen LogP contribution >= 0.6 is 0 Å². The molecule has 1 aromatic rings. The van der Waals surface area contributed by atoms with Crippen molar-refractivity contribution in [3.05, 3.63) is 48.0 Å². The van der Waals surface area contributed by atoms with E-state index in [0.29, 0.717) is 6.42 Å². The number of rotatable bonds is 7. The van der Waals surface area contributed by atoms with E-state index < -0.39 is 21.5 Å². The number of esters is 1. The summed E-state index contributed by atoms with van der Waals surface area (Å²) in [5.41, 5.74) is 1.56. The minimum absolute atomic E-state index is 0.187. The quantitative estimate of drug-likeness (QED) is 0.311. The largest absolute Gasteiger partial charge is 0.598 e. The second-order valence-corrected chi connectivity index (χ2v) is 10.9. The monoisotopic (exact) mass is 405 g/mol. The van der Waals surface area contributed by atoms with Gasteiger partial charge in [-0.05, 0) is 52.5 Å². The van der Waals surface area contributed by atoms with Crippen molar-refractivity contribution >= 4 is 17.3 Å². The molecule has 0 amide bonds. The van der Waals surface area contributed by atoms with E-state index in [1.54, 1.807) is 6.08 Å². The number of nitrogens with one attached hydrogen (secondary N) is 1. The van der Waals surface area contributed by atoms with Crippen LogP contribution in [-0.2, 0) is 27.3 Å². The van der Waals surface area contributed by atoms with E-state index in [4.69, 9.17) is 4.74 Å². The van der Waals surface area contributed by atoms with Crippen molar-refractivity contribution in [2.75, 3.05) is 6.61 Å². The van der Waals surface area contributed by atoms with Crippen LogP contribution in [0.25, 0.3) is 0 Å². The van der Waals surface area contributed by atoms with E-state index in [9.17, 15) is 9.35 Å². The fourth-order valence-electron chi connectivity index (χ4n) is 3.89. The number of hydrogen-bond acceptors (Lipinski definition) is 4. The molecule has 1 aliphatic rings. The van der Waals surface area contributed by atoms with Crippen LogP contribution in [0.3, 0.4) is 0 Å². The zero-order valence-electron chi connectivity index (χ0n) is 17.8. The van der Waals surface area contributed by atoms with E-state index in [-0.39, 0.29) is 18.6 Å². The lowest BCUT2D eigenvalue weighted by Gasteiger charge is -2.39. The molecule has 0 spiro atoms. The van der Waals surface area contributed by atoms with Crippen molar-refractivity contribution < 1.29 is 14.1 Å². The fourth-order valence-corrected chi connectivity index (χ4v) is 4.84. The highest BCUT2D eigenvalue weighted by molar-refractivity contribution is 7.90. The van der Waals surface area contributed by atoms with Gasteiger partial charge in [-0.3, -0.25) is 4.79 Å². The molecule has 156 valence electrons. The molecule has 1 N–H and O–H groups in total. The molecular formula is C23H35NO3S. The third-order valence-electron chi connectivity index (χ3n) is 5.43. The Morgan fingerprint density at radius 1 is 1.39 bits per heavy atom. The summed E-state index contributed by atoms with van der Waals surface area (Å²) in [6, 6.07) is 8.10. The molecular weight excluding hydrogens is 370 g/mol. The first-order chi connectivity index (χ1) is 13.2. The topological polar surface area (TPSA) is 61.4 Å². The Morgan fingerprint density at radius 3 is 2.79 bits per heavy atom. The first-order valence-corrected chi connectivity index (χ1v) is 11.4. The second-order valence-electron chi connectivity index (χ2n) is 8.86. The predicted molar refractivity (Wildman–Crippen MR) is 116 cm³/mol. The second kappa shape index (κ2) is 9.95. The molecule has 4 nitrogen and oxygen atoms in total. The molecule has 0 saturated heterocycles. The lowest BCUT2D eigenvalue weighted by atomic mass is 9.72. The smallest absolute Gasteiger partial charge is 0.314 e. The molecule has 0 aromatic heterocycles. The van der Waals surface area contributed by atoms with Gasteiger partial charge in [0.15, 0.2) is 0 Å². The van der Waals surface area contributed by atoms with E-state index in [2.05, 4.69) is 36.4 Å². The number of benzene rings is 1. The highest BCUT2D eigenvalue weighted by Gasteiger charge is 2.50. The van der Waals surface area contributed by atoms with E-state index in [0.717, 1.165) is 37.7 Å². The molecule has 3 atom stereocenters. The number of ether oxygens (including phenoxy) is 1. The summed E-state index contributed by atoms with van der Waals surface area (Å²) in [5, 5.41) is 0. The Kier molecular flexibility index (Phi) is 8.17. The first-order valence-electron chi connectivity index (χ1n) is 10.2. The Bertz CT molecular complexity index is 670. The maximum Gasteiger partial charge on any atom is 0.314 e. The fraction of sp³-hybridized carbons (Fsp3) is 0.609. The number of aryl methyl sites for hydroxylation is 1. The van der Waals surface area contributed by atoms with E-state index >= 15 is 0 Å². The molecule has 28 heavy (non-hydrogen) atoms. The predicted octanol–water partition coefficient (Wildman–Crippen LogP) is 4.64. The van der Waals surface area contributed by atoms with Gasteiger partial charge in [-0.2, -0.15) is 0 Å². The molecule has 1 fully saturated rings. The SMILES string of the molecule is C=CCOC(=O)[C@]1(Cc2cccc(C)c2)CCCCC[C@H]1N[S+]([O-])C(C)(C)C. The Labute approximate surface area is 173 Å². The molecule has 1 unspecified atom stereocenters. The van der Waals surface area contributed by atoms with Gasteiger partial charge in [0, 0.05) is 11.4 Å². The van der Waals surface area contributed by atoms with Gasteiger partial charge < -0.3 is 9.29 Å². The van der Waals surface area contributed by atoms with Crippen molar-refractivity contribution in [3.63, 3.8) is 0 Å². The molecule has 0 bridgehead atoms. The molecule has 2 rings (SSSR count). The zero-order valence-corrected chi connectivity index (χ0v) is 18.6. The summed E-state index contributed by atoms with van der Waals surface area (Å²) < 4.78 is 21.4. The summed E-state index contributed by atoms with van der Waals surface area (Å²) in [4.78, 5) is 13.4. The molecule has 5 heteroatoms. The molecule has 1 saturated carbocycles. The van der Waals surface area contributed by atoms with Crippen LogP contribution < -0.4 is 4.72 Å². The van der Waals surface area contributed by atoms with Crippen molar-refractivity contribution in [2.24, 2.45) is 5.41 Å². The van der Waals surface area contributed by atoms with Gasteiger partial charge in [0.25, 0.3) is 0 Å². The molecule has 1 aliphatic carbocycles. The summed E-state index contributed by atoms with van der Waals surface area (Å²) in [6.07, 6.45) is 6.80. The molecule has 0 aliphatic heterocycles. The maximum absolute atomic E-state index is 13.4. The van der Waals surface area contributed by atoms with Crippen molar-refractivity contribution in [2.45, 2.75) is 77.0 Å². The van der Waals surface area contributed by atoms with Crippen LogP contribution in [0.15, 0.2) is 36.9 Å². The average Bonchev–Trinajstić information content (AvgIpc) is 2.82. The maximum atomic E-state index is 13.4. The zero-order chi connectivity index (χ0) is 20.8. The van der Waals surface area contributed by atoms with Crippen LogP contribution in [0.5, 0.6) is 0 Å². The van der Waals surface area contributed by atoms with Crippen LogP contribution in [0, 0.1) is 12.3 Å². The van der Waals surface area contributed by atoms with Crippen molar-refractivity contribution in [1.29, 1.82) is 0 Å². The highest BCUT2D eigenvalue weighted by atomic mass is 32.2. The van der Waals surface area contributed by atoms with Gasteiger partial charge >= 0.3 is 5.97 Å². The van der Waals surface area contributed by atoms with E-state index in [1.807, 2.05) is 26.8 Å². The van der Waals surface area contributed by atoms with Crippen molar-refractivity contribution in [3.8, 4) is 0 Å². The summed E-state index contributed by atoms with van der Waals surface area (Å²) in [5.74, 6) is -0.209. The standard InChI is InChI=1S/C23H35NO3S/c1-6-15-27-21(25)23(17-19-12-10-11-18(2)16-19)14-9-7-8-13-20(23)24-28(26)22(3,4)5/h6,10-12,16,20,24H,1,7-9,13-15,17H2,2-5H3/t20-,23+,28?/m1/s1. The van der Waals surface area contributed by atoms with Gasteiger partial charge in [-0.15, -0.1) is 4.72 Å². The Morgan fingerprint density at radius 2 is 2.14 bits per heavy atom. The Balaban J connectivity index is 2.43. The summed E-state index contributed by atoms with van der Waals surface area (Å²) >= 11 is -1.25. The van der Waals surface area contributed by atoms with Gasteiger partial charge in [0.1, 0.15) is 11.4 Å². The lowest BCUT2D eigenvalue weighted by Crippen LogP contribution is -2.56. The van der Waals surface area contributed by atoms with Gasteiger partial charge in [-0.25, -0.2) is 0 Å². The highest BCUT2D eigenvalue weighted by Crippen LogP contribution is 2.41. The first kappa shape index (κ1) is 23.0. The minimum Gasteiger partial charge on any atom is -0.598 e. The van der Waals surface area contributed by atoms with Crippen LogP contribution in [0.4, 0.5) is 0 Å².